The van der Waals surface area contributed by atoms with E-state index in [0.717, 1.165) is 4.47 Å². The second-order valence-electron chi connectivity index (χ2n) is 4.20. The van der Waals surface area contributed by atoms with E-state index in [1.807, 2.05) is 36.7 Å². The monoisotopic (exact) mass is 307 g/mol. The van der Waals surface area contributed by atoms with Crippen LogP contribution in [0.5, 0.6) is 0 Å². The lowest BCUT2D eigenvalue weighted by Gasteiger charge is -2.13. The molecule has 1 amide bonds. The highest BCUT2D eigenvalue weighted by atomic mass is 79.9. The number of nitrogens with one attached hydrogen (secondary N) is 1. The minimum absolute atomic E-state index is 0.124. The molecule has 2 aromatic rings. The van der Waals surface area contributed by atoms with E-state index in [2.05, 4.69) is 26.2 Å². The predicted octanol–water partition coefficient (Wildman–Crippen LogP) is 3.48. The Balaban J connectivity index is 2.23. The summed E-state index contributed by atoms with van der Waals surface area (Å²) >= 11 is 3.35. The SMILES string of the molecule is CC(C)n1cccc1C(=O)Nc1ccncc1Br. The third-order valence-corrected chi connectivity index (χ3v) is 3.22. The van der Waals surface area contributed by atoms with Crippen molar-refractivity contribution in [2.75, 3.05) is 5.32 Å². The Kier molecular flexibility index (Phi) is 3.81. The predicted molar refractivity (Wildman–Crippen MR) is 74.7 cm³/mol. The van der Waals surface area contributed by atoms with Crippen molar-refractivity contribution in [1.82, 2.24) is 9.55 Å². The number of carbonyl (C=O) groups is 1. The zero-order chi connectivity index (χ0) is 13.1. The number of aromatic nitrogens is 2. The Morgan fingerprint density at radius 2 is 2.22 bits per heavy atom. The molecule has 0 atom stereocenters. The first kappa shape index (κ1) is 12.8. The van der Waals surface area contributed by atoms with Gasteiger partial charge in [0.05, 0.1) is 10.2 Å². The average molecular weight is 308 g/mol. The Labute approximate surface area is 114 Å². The molecule has 0 radical (unpaired) electrons. The van der Waals surface area contributed by atoms with Crippen molar-refractivity contribution in [3.63, 3.8) is 0 Å². The molecule has 5 heteroatoms. The van der Waals surface area contributed by atoms with Crippen molar-refractivity contribution in [1.29, 1.82) is 0 Å². The lowest BCUT2D eigenvalue weighted by atomic mass is 10.3. The van der Waals surface area contributed by atoms with E-state index in [1.165, 1.54) is 0 Å². The van der Waals surface area contributed by atoms with Crippen LogP contribution >= 0.6 is 15.9 Å². The Bertz CT molecular complexity index is 563. The molecule has 0 aliphatic carbocycles. The highest BCUT2D eigenvalue weighted by molar-refractivity contribution is 9.10. The standard InChI is InChI=1S/C13H14BrN3O/c1-9(2)17-7-3-4-12(17)13(18)16-11-5-6-15-8-10(11)14/h3-9H,1-2H3,(H,15,16,18). The molecule has 2 rings (SSSR count). The summed E-state index contributed by atoms with van der Waals surface area (Å²) in [7, 11) is 0. The van der Waals surface area contributed by atoms with Crippen LogP contribution in [0.2, 0.25) is 0 Å². The fourth-order valence-corrected chi connectivity index (χ4v) is 2.05. The zero-order valence-electron chi connectivity index (χ0n) is 10.2. The van der Waals surface area contributed by atoms with Crippen molar-refractivity contribution in [3.8, 4) is 0 Å². The quantitative estimate of drug-likeness (QED) is 0.943. The number of hydrogen-bond donors (Lipinski definition) is 1. The minimum atomic E-state index is -0.124. The number of nitrogens with zero attached hydrogens (tertiary/aromatic N) is 2. The molecule has 0 saturated carbocycles. The number of anilines is 1. The lowest BCUT2D eigenvalue weighted by molar-refractivity contribution is 0.101. The third-order valence-electron chi connectivity index (χ3n) is 2.59. The number of carbonyl (C=O) groups excluding carboxylic acids is 1. The Morgan fingerprint density at radius 1 is 1.44 bits per heavy atom. The summed E-state index contributed by atoms with van der Waals surface area (Å²) in [5.41, 5.74) is 1.36. The molecular formula is C13H14BrN3O. The zero-order valence-corrected chi connectivity index (χ0v) is 11.8. The van der Waals surface area contributed by atoms with Crippen molar-refractivity contribution < 1.29 is 4.79 Å². The summed E-state index contributed by atoms with van der Waals surface area (Å²) in [6.45, 7) is 4.08. The van der Waals surface area contributed by atoms with Gasteiger partial charge in [-0.05, 0) is 48.0 Å². The van der Waals surface area contributed by atoms with Gasteiger partial charge in [-0.3, -0.25) is 9.78 Å². The van der Waals surface area contributed by atoms with Crippen LogP contribution in [0.3, 0.4) is 0 Å². The molecule has 0 aliphatic heterocycles. The molecule has 0 spiro atoms. The molecule has 2 aromatic heterocycles. The van der Waals surface area contributed by atoms with Crippen molar-refractivity contribution in [2.24, 2.45) is 0 Å². The number of amides is 1. The topological polar surface area (TPSA) is 46.9 Å². The van der Waals surface area contributed by atoms with Crippen molar-refractivity contribution in [2.45, 2.75) is 19.9 Å². The van der Waals surface area contributed by atoms with Gasteiger partial charge >= 0.3 is 0 Å². The molecule has 0 saturated heterocycles. The van der Waals surface area contributed by atoms with E-state index in [4.69, 9.17) is 0 Å². The highest BCUT2D eigenvalue weighted by Gasteiger charge is 2.13. The Hall–Kier alpha value is -1.62. The summed E-state index contributed by atoms with van der Waals surface area (Å²) in [5.74, 6) is -0.124. The number of hydrogen-bond acceptors (Lipinski definition) is 2. The van der Waals surface area contributed by atoms with Gasteiger partial charge in [-0.25, -0.2) is 0 Å². The second-order valence-corrected chi connectivity index (χ2v) is 5.06. The molecule has 18 heavy (non-hydrogen) atoms. The van der Waals surface area contributed by atoms with Gasteiger partial charge < -0.3 is 9.88 Å². The molecule has 0 bridgehead atoms. The molecule has 0 fully saturated rings. The molecule has 1 N–H and O–H groups in total. The first-order valence-electron chi connectivity index (χ1n) is 5.67. The molecule has 4 nitrogen and oxygen atoms in total. The van der Waals surface area contributed by atoms with Gasteiger partial charge in [0.25, 0.3) is 5.91 Å². The Morgan fingerprint density at radius 3 is 2.89 bits per heavy atom. The van der Waals surface area contributed by atoms with Crippen LogP contribution in [0.1, 0.15) is 30.4 Å². The number of rotatable bonds is 3. The normalized spacial score (nSPS) is 10.7. The van der Waals surface area contributed by atoms with E-state index < -0.39 is 0 Å². The van der Waals surface area contributed by atoms with Crippen LogP contribution in [0.4, 0.5) is 5.69 Å². The summed E-state index contributed by atoms with van der Waals surface area (Å²) in [6, 6.07) is 5.69. The highest BCUT2D eigenvalue weighted by Crippen LogP contribution is 2.21. The molecule has 0 unspecified atom stereocenters. The van der Waals surface area contributed by atoms with Crippen molar-refractivity contribution in [3.05, 3.63) is 47.0 Å². The molecule has 0 aliphatic rings. The second kappa shape index (κ2) is 5.35. The molecule has 94 valence electrons. The first-order chi connectivity index (χ1) is 8.59. The van der Waals surface area contributed by atoms with Gasteiger partial charge in [0.1, 0.15) is 5.69 Å². The molecular weight excluding hydrogens is 294 g/mol. The van der Waals surface area contributed by atoms with Crippen LogP contribution in [0.25, 0.3) is 0 Å². The van der Waals surface area contributed by atoms with Crippen LogP contribution < -0.4 is 5.32 Å². The fourth-order valence-electron chi connectivity index (χ4n) is 1.70. The van der Waals surface area contributed by atoms with E-state index in [9.17, 15) is 4.79 Å². The summed E-state index contributed by atoms with van der Waals surface area (Å²) in [4.78, 5) is 16.1. The van der Waals surface area contributed by atoms with Gasteiger partial charge in [0, 0.05) is 24.6 Å². The lowest BCUT2D eigenvalue weighted by Crippen LogP contribution is -2.18. The fraction of sp³-hybridized carbons (Fsp3) is 0.231. The first-order valence-corrected chi connectivity index (χ1v) is 6.46. The minimum Gasteiger partial charge on any atom is -0.341 e. The summed E-state index contributed by atoms with van der Waals surface area (Å²) in [5, 5.41) is 2.86. The van der Waals surface area contributed by atoms with Crippen LogP contribution in [0.15, 0.2) is 41.3 Å². The van der Waals surface area contributed by atoms with E-state index >= 15 is 0 Å². The number of pyridine rings is 1. The van der Waals surface area contributed by atoms with Crippen LogP contribution in [-0.4, -0.2) is 15.5 Å². The molecule has 2 heterocycles. The van der Waals surface area contributed by atoms with Gasteiger partial charge in [-0.2, -0.15) is 0 Å². The third kappa shape index (κ3) is 2.61. The van der Waals surface area contributed by atoms with E-state index in [0.29, 0.717) is 11.4 Å². The van der Waals surface area contributed by atoms with Gasteiger partial charge in [0.15, 0.2) is 0 Å². The van der Waals surface area contributed by atoms with Gasteiger partial charge in [0.2, 0.25) is 0 Å². The van der Waals surface area contributed by atoms with Crippen LogP contribution in [0, 0.1) is 0 Å². The summed E-state index contributed by atoms with van der Waals surface area (Å²) in [6.07, 6.45) is 5.19. The molecule has 0 aromatic carbocycles. The van der Waals surface area contributed by atoms with E-state index in [1.54, 1.807) is 18.5 Å². The smallest absolute Gasteiger partial charge is 0.272 e. The average Bonchev–Trinajstić information content (AvgIpc) is 2.81. The van der Waals surface area contributed by atoms with Crippen LogP contribution in [-0.2, 0) is 0 Å². The maximum Gasteiger partial charge on any atom is 0.272 e. The maximum absolute atomic E-state index is 12.2. The van der Waals surface area contributed by atoms with Gasteiger partial charge in [-0.1, -0.05) is 0 Å². The summed E-state index contributed by atoms with van der Waals surface area (Å²) < 4.78 is 2.70. The van der Waals surface area contributed by atoms with E-state index in [-0.39, 0.29) is 11.9 Å². The van der Waals surface area contributed by atoms with Gasteiger partial charge in [-0.15, -0.1) is 0 Å². The number of halogens is 1. The van der Waals surface area contributed by atoms with Crippen molar-refractivity contribution >= 4 is 27.5 Å². The maximum atomic E-state index is 12.2. The largest absolute Gasteiger partial charge is 0.341 e.